The van der Waals surface area contributed by atoms with Crippen molar-refractivity contribution in [3.05, 3.63) is 17.9 Å². The van der Waals surface area contributed by atoms with Crippen LogP contribution >= 0.6 is 11.8 Å². The van der Waals surface area contributed by atoms with E-state index in [9.17, 15) is 4.39 Å². The number of benzene rings is 1. The number of anilines is 1. The van der Waals surface area contributed by atoms with Crippen molar-refractivity contribution >= 4 is 17.4 Å². The zero-order valence-electron chi connectivity index (χ0n) is 11.5. The first-order valence-corrected chi connectivity index (χ1v) is 7.22. The first-order chi connectivity index (χ1) is 8.45. The van der Waals surface area contributed by atoms with E-state index in [1.807, 2.05) is 6.92 Å². The van der Waals surface area contributed by atoms with Crippen LogP contribution in [0.4, 0.5) is 10.1 Å². The van der Waals surface area contributed by atoms with E-state index in [1.54, 1.807) is 17.8 Å². The number of rotatable bonds is 6. The van der Waals surface area contributed by atoms with E-state index in [0.29, 0.717) is 29.2 Å². The van der Waals surface area contributed by atoms with Crippen molar-refractivity contribution < 1.29 is 9.13 Å². The summed E-state index contributed by atoms with van der Waals surface area (Å²) in [6.45, 7) is 8.97. The van der Waals surface area contributed by atoms with Gasteiger partial charge in [0, 0.05) is 21.9 Å². The predicted molar refractivity (Wildman–Crippen MR) is 76.8 cm³/mol. The molecule has 0 heterocycles. The van der Waals surface area contributed by atoms with Gasteiger partial charge in [-0.05, 0) is 18.4 Å². The van der Waals surface area contributed by atoms with Crippen molar-refractivity contribution in [2.45, 2.75) is 44.3 Å². The zero-order valence-corrected chi connectivity index (χ0v) is 12.3. The summed E-state index contributed by atoms with van der Waals surface area (Å²) >= 11 is 1.66. The molecule has 0 spiro atoms. The van der Waals surface area contributed by atoms with Crippen LogP contribution in [0.5, 0.6) is 5.75 Å². The molecular formula is C14H22FNOS. The van der Waals surface area contributed by atoms with Crippen LogP contribution in [-0.4, -0.2) is 11.9 Å². The zero-order chi connectivity index (χ0) is 13.7. The maximum atomic E-state index is 13.6. The lowest BCUT2D eigenvalue weighted by molar-refractivity contribution is 0.300. The second-order valence-electron chi connectivity index (χ2n) is 4.74. The Kier molecular flexibility index (Phi) is 5.79. The Balaban J connectivity index is 2.90. The smallest absolute Gasteiger partial charge is 0.167 e. The summed E-state index contributed by atoms with van der Waals surface area (Å²) in [5.41, 5.74) is 6.33. The molecule has 1 aromatic carbocycles. The third kappa shape index (κ3) is 4.09. The average molecular weight is 271 g/mol. The first kappa shape index (κ1) is 15.2. The molecule has 1 unspecified atom stereocenters. The molecule has 0 amide bonds. The summed E-state index contributed by atoms with van der Waals surface area (Å²) in [5.74, 6) is 0.450. The Labute approximate surface area is 113 Å². The Morgan fingerprint density at radius 2 is 2.00 bits per heavy atom. The summed E-state index contributed by atoms with van der Waals surface area (Å²) in [5, 5.41) is 0.428. The van der Waals surface area contributed by atoms with Crippen molar-refractivity contribution in [1.82, 2.24) is 0 Å². The minimum absolute atomic E-state index is 0.296. The normalized spacial score (nSPS) is 12.8. The van der Waals surface area contributed by atoms with Gasteiger partial charge in [-0.25, -0.2) is 4.39 Å². The quantitative estimate of drug-likeness (QED) is 0.617. The highest BCUT2D eigenvalue weighted by Crippen LogP contribution is 2.36. The van der Waals surface area contributed by atoms with Crippen molar-refractivity contribution in [3.8, 4) is 5.75 Å². The van der Waals surface area contributed by atoms with Crippen LogP contribution in [0.15, 0.2) is 17.0 Å². The molecular weight excluding hydrogens is 249 g/mol. The van der Waals surface area contributed by atoms with Crippen LogP contribution in [0.1, 0.15) is 34.1 Å². The highest BCUT2D eigenvalue weighted by atomic mass is 32.2. The number of halogens is 1. The number of hydrogen-bond donors (Lipinski definition) is 1. The summed E-state index contributed by atoms with van der Waals surface area (Å²) < 4.78 is 19.0. The second kappa shape index (κ2) is 6.88. The number of nitrogens with two attached hydrogens (primary N) is 1. The Hall–Kier alpha value is -0.900. The fourth-order valence-corrected chi connectivity index (χ4v) is 2.35. The number of thioether (sulfide) groups is 1. The highest BCUT2D eigenvalue weighted by Gasteiger charge is 2.14. The minimum atomic E-state index is -0.387. The van der Waals surface area contributed by atoms with Crippen LogP contribution in [-0.2, 0) is 0 Å². The molecule has 102 valence electrons. The van der Waals surface area contributed by atoms with Crippen LogP contribution in [0, 0.1) is 11.7 Å². The molecule has 0 saturated carbocycles. The van der Waals surface area contributed by atoms with E-state index in [4.69, 9.17) is 10.5 Å². The molecule has 18 heavy (non-hydrogen) atoms. The maximum Gasteiger partial charge on any atom is 0.167 e. The van der Waals surface area contributed by atoms with Crippen molar-refractivity contribution in [1.29, 1.82) is 0 Å². The lowest BCUT2D eigenvalue weighted by Crippen LogP contribution is -2.06. The summed E-state index contributed by atoms with van der Waals surface area (Å²) in [6, 6.07) is 3.06. The molecule has 0 aromatic heterocycles. The van der Waals surface area contributed by atoms with Gasteiger partial charge in [0.05, 0.1) is 6.61 Å². The first-order valence-electron chi connectivity index (χ1n) is 6.34. The number of nitrogen functional groups attached to an aromatic ring is 1. The van der Waals surface area contributed by atoms with Gasteiger partial charge < -0.3 is 10.5 Å². The van der Waals surface area contributed by atoms with Gasteiger partial charge in [-0.3, -0.25) is 0 Å². The fourth-order valence-electron chi connectivity index (χ4n) is 1.31. The van der Waals surface area contributed by atoms with Gasteiger partial charge in [0.25, 0.3) is 0 Å². The van der Waals surface area contributed by atoms with Gasteiger partial charge in [-0.2, -0.15) is 0 Å². The molecule has 0 radical (unpaired) electrons. The van der Waals surface area contributed by atoms with Crippen LogP contribution in [0.25, 0.3) is 0 Å². The number of hydrogen-bond acceptors (Lipinski definition) is 3. The molecule has 1 aromatic rings. The standard InChI is InChI=1S/C14H22FNOS/c1-5-6-17-13-8-14(12(16)7-11(13)15)18-10(4)9(2)3/h7-10H,5-6,16H2,1-4H3. The fraction of sp³-hybridized carbons (Fsp3) is 0.571. The van der Waals surface area contributed by atoms with E-state index in [-0.39, 0.29) is 5.82 Å². The summed E-state index contributed by atoms with van der Waals surface area (Å²) in [4.78, 5) is 0.892. The van der Waals surface area contributed by atoms with Crippen molar-refractivity contribution in [2.24, 2.45) is 5.92 Å². The molecule has 2 N–H and O–H groups in total. The largest absolute Gasteiger partial charge is 0.490 e. The molecule has 0 bridgehead atoms. The van der Waals surface area contributed by atoms with Gasteiger partial charge >= 0.3 is 0 Å². The number of ether oxygens (including phenoxy) is 1. The average Bonchev–Trinajstić information content (AvgIpc) is 2.30. The predicted octanol–water partition coefficient (Wildman–Crippen LogP) is 4.33. The Bertz CT molecular complexity index is 396. The van der Waals surface area contributed by atoms with Gasteiger partial charge in [-0.1, -0.05) is 27.7 Å². The van der Waals surface area contributed by atoms with E-state index in [1.165, 1.54) is 6.07 Å². The maximum absolute atomic E-state index is 13.6. The monoisotopic (exact) mass is 271 g/mol. The Morgan fingerprint density at radius 3 is 2.56 bits per heavy atom. The van der Waals surface area contributed by atoms with Gasteiger partial charge in [0.15, 0.2) is 11.6 Å². The van der Waals surface area contributed by atoms with Crippen molar-refractivity contribution in [2.75, 3.05) is 12.3 Å². The molecule has 0 fully saturated rings. The van der Waals surface area contributed by atoms with E-state index >= 15 is 0 Å². The van der Waals surface area contributed by atoms with Gasteiger partial charge in [0.1, 0.15) is 0 Å². The minimum Gasteiger partial charge on any atom is -0.490 e. The molecule has 2 nitrogen and oxygen atoms in total. The van der Waals surface area contributed by atoms with Gasteiger partial charge in [0.2, 0.25) is 0 Å². The highest BCUT2D eigenvalue weighted by molar-refractivity contribution is 8.00. The third-order valence-electron chi connectivity index (χ3n) is 2.78. The topological polar surface area (TPSA) is 35.2 Å². The second-order valence-corrected chi connectivity index (χ2v) is 6.16. The van der Waals surface area contributed by atoms with Crippen LogP contribution in [0.2, 0.25) is 0 Å². The van der Waals surface area contributed by atoms with E-state index in [0.717, 1.165) is 11.3 Å². The van der Waals surface area contributed by atoms with Crippen LogP contribution < -0.4 is 10.5 Å². The molecule has 0 aliphatic rings. The lowest BCUT2D eigenvalue weighted by atomic mass is 10.2. The molecule has 1 atom stereocenters. The van der Waals surface area contributed by atoms with Gasteiger partial charge in [-0.15, -0.1) is 11.8 Å². The summed E-state index contributed by atoms with van der Waals surface area (Å²) in [7, 11) is 0. The van der Waals surface area contributed by atoms with E-state index in [2.05, 4.69) is 20.8 Å². The molecule has 4 heteroatoms. The van der Waals surface area contributed by atoms with E-state index < -0.39 is 0 Å². The SMILES string of the molecule is CCCOc1cc(SC(C)C(C)C)c(N)cc1F. The Morgan fingerprint density at radius 1 is 1.33 bits per heavy atom. The van der Waals surface area contributed by atoms with Crippen LogP contribution in [0.3, 0.4) is 0 Å². The van der Waals surface area contributed by atoms with Crippen molar-refractivity contribution in [3.63, 3.8) is 0 Å². The lowest BCUT2D eigenvalue weighted by Gasteiger charge is -2.17. The summed E-state index contributed by atoms with van der Waals surface area (Å²) in [6.07, 6.45) is 0.856. The molecule has 0 aliphatic carbocycles. The molecule has 1 rings (SSSR count). The molecule has 0 saturated heterocycles. The molecule has 0 aliphatic heterocycles. The third-order valence-corrected chi connectivity index (χ3v) is 4.30.